The van der Waals surface area contributed by atoms with Crippen molar-refractivity contribution >= 4 is 16.6 Å². The van der Waals surface area contributed by atoms with Crippen LogP contribution in [0, 0.1) is 13.8 Å². The van der Waals surface area contributed by atoms with Gasteiger partial charge in [-0.05, 0) is 48.7 Å². The van der Waals surface area contributed by atoms with E-state index in [0.29, 0.717) is 0 Å². The molecule has 1 fully saturated rings. The maximum Gasteiger partial charge on any atom is 0.142 e. The minimum absolute atomic E-state index is 0.956. The smallest absolute Gasteiger partial charge is 0.142 e. The van der Waals surface area contributed by atoms with Crippen molar-refractivity contribution in [2.24, 2.45) is 0 Å². The molecular formula is C23H27N3O. The number of anilines is 1. The lowest BCUT2D eigenvalue weighted by molar-refractivity contribution is 0.250. The summed E-state index contributed by atoms with van der Waals surface area (Å²) in [6.07, 6.45) is 1.89. The first kappa shape index (κ1) is 17.8. The molecule has 1 aliphatic heterocycles. The fourth-order valence-electron chi connectivity index (χ4n) is 4.01. The molecule has 0 N–H and O–H groups in total. The summed E-state index contributed by atoms with van der Waals surface area (Å²) in [7, 11) is 1.74. The van der Waals surface area contributed by atoms with Crippen molar-refractivity contribution in [1.29, 1.82) is 0 Å². The largest absolute Gasteiger partial charge is 0.495 e. The molecule has 140 valence electrons. The summed E-state index contributed by atoms with van der Waals surface area (Å²) in [5.74, 6) is 0.956. The summed E-state index contributed by atoms with van der Waals surface area (Å²) in [6.45, 7) is 9.46. The van der Waals surface area contributed by atoms with Gasteiger partial charge in [-0.1, -0.05) is 24.3 Å². The van der Waals surface area contributed by atoms with Crippen molar-refractivity contribution in [3.8, 4) is 5.75 Å². The number of para-hydroxylation sites is 2. The first-order valence-corrected chi connectivity index (χ1v) is 9.61. The van der Waals surface area contributed by atoms with E-state index in [2.05, 4.69) is 52.9 Å². The highest BCUT2D eigenvalue weighted by molar-refractivity contribution is 5.86. The van der Waals surface area contributed by atoms with E-state index >= 15 is 0 Å². The van der Waals surface area contributed by atoms with Crippen LogP contribution in [-0.2, 0) is 6.54 Å². The molecule has 0 radical (unpaired) electrons. The molecule has 0 unspecified atom stereocenters. The number of hydrogen-bond donors (Lipinski definition) is 0. The zero-order chi connectivity index (χ0) is 18.8. The van der Waals surface area contributed by atoms with Crippen LogP contribution < -0.4 is 9.64 Å². The minimum Gasteiger partial charge on any atom is -0.495 e. The summed E-state index contributed by atoms with van der Waals surface area (Å²) < 4.78 is 5.53. The zero-order valence-electron chi connectivity index (χ0n) is 16.4. The summed E-state index contributed by atoms with van der Waals surface area (Å²) in [5.41, 5.74) is 6.33. The van der Waals surface area contributed by atoms with Gasteiger partial charge in [0.25, 0.3) is 0 Å². The van der Waals surface area contributed by atoms with Crippen molar-refractivity contribution in [3.63, 3.8) is 0 Å². The number of aryl methyl sites for hydroxylation is 2. The minimum atomic E-state index is 0.956. The first-order valence-electron chi connectivity index (χ1n) is 9.61. The van der Waals surface area contributed by atoms with Gasteiger partial charge in [0.15, 0.2) is 0 Å². The lowest BCUT2D eigenvalue weighted by Crippen LogP contribution is -2.46. The molecule has 0 amide bonds. The van der Waals surface area contributed by atoms with Crippen LogP contribution in [0.3, 0.4) is 0 Å². The van der Waals surface area contributed by atoms with Gasteiger partial charge >= 0.3 is 0 Å². The fourth-order valence-corrected chi connectivity index (χ4v) is 4.01. The summed E-state index contributed by atoms with van der Waals surface area (Å²) >= 11 is 0. The standard InChI is InChI=1S/C23H27N3O/c1-17-15-19(20-7-6-10-24-23(20)18(17)2)16-25-11-13-26(14-12-25)21-8-4-5-9-22(21)27-3/h4-10,15H,11-14,16H2,1-3H3. The van der Waals surface area contributed by atoms with Crippen LogP contribution >= 0.6 is 0 Å². The van der Waals surface area contributed by atoms with E-state index in [4.69, 9.17) is 4.74 Å². The van der Waals surface area contributed by atoms with Gasteiger partial charge in [-0.2, -0.15) is 0 Å². The number of hydrogen-bond acceptors (Lipinski definition) is 4. The lowest BCUT2D eigenvalue weighted by atomic mass is 9.99. The fraction of sp³-hybridized carbons (Fsp3) is 0.348. The van der Waals surface area contributed by atoms with E-state index in [1.165, 1.54) is 27.8 Å². The van der Waals surface area contributed by atoms with Crippen molar-refractivity contribution < 1.29 is 4.74 Å². The van der Waals surface area contributed by atoms with Crippen LogP contribution in [0.4, 0.5) is 5.69 Å². The molecule has 2 aromatic carbocycles. The second-order valence-corrected chi connectivity index (χ2v) is 7.31. The number of aromatic nitrogens is 1. The van der Waals surface area contributed by atoms with Gasteiger partial charge in [-0.3, -0.25) is 9.88 Å². The SMILES string of the molecule is COc1ccccc1N1CCN(Cc2cc(C)c(C)c3ncccc23)CC1. The molecule has 4 rings (SSSR count). The lowest BCUT2D eigenvalue weighted by Gasteiger charge is -2.36. The molecular weight excluding hydrogens is 334 g/mol. The number of fused-ring (bicyclic) bond motifs is 1. The van der Waals surface area contributed by atoms with Crippen molar-refractivity contribution in [1.82, 2.24) is 9.88 Å². The number of ether oxygens (including phenoxy) is 1. The Morgan fingerprint density at radius 1 is 1.00 bits per heavy atom. The third kappa shape index (κ3) is 3.50. The number of rotatable bonds is 4. The predicted octanol–water partition coefficient (Wildman–Crippen LogP) is 4.18. The quantitative estimate of drug-likeness (QED) is 0.697. The molecule has 0 atom stereocenters. The first-order chi connectivity index (χ1) is 13.2. The molecule has 0 bridgehead atoms. The zero-order valence-corrected chi connectivity index (χ0v) is 16.4. The van der Waals surface area contributed by atoms with E-state index in [0.717, 1.165) is 44.0 Å². The second kappa shape index (κ2) is 7.57. The molecule has 1 aromatic heterocycles. The molecule has 3 aromatic rings. The van der Waals surface area contributed by atoms with Crippen molar-refractivity contribution in [2.75, 3.05) is 38.2 Å². The second-order valence-electron chi connectivity index (χ2n) is 7.31. The molecule has 0 saturated carbocycles. The van der Waals surface area contributed by atoms with Crippen LogP contribution in [0.5, 0.6) is 5.75 Å². The van der Waals surface area contributed by atoms with E-state index in [1.54, 1.807) is 7.11 Å². The Labute approximate surface area is 161 Å². The van der Waals surface area contributed by atoms with Gasteiger partial charge in [0.05, 0.1) is 18.3 Å². The van der Waals surface area contributed by atoms with E-state index in [-0.39, 0.29) is 0 Å². The van der Waals surface area contributed by atoms with Crippen LogP contribution in [-0.4, -0.2) is 43.2 Å². The number of methoxy groups -OCH3 is 1. The van der Waals surface area contributed by atoms with Crippen LogP contribution in [0.2, 0.25) is 0 Å². The van der Waals surface area contributed by atoms with Gasteiger partial charge < -0.3 is 9.64 Å². The van der Waals surface area contributed by atoms with E-state index < -0.39 is 0 Å². The molecule has 1 saturated heterocycles. The van der Waals surface area contributed by atoms with Gasteiger partial charge in [-0.15, -0.1) is 0 Å². The molecule has 0 aliphatic carbocycles. The van der Waals surface area contributed by atoms with Gasteiger partial charge in [0.2, 0.25) is 0 Å². The number of benzene rings is 2. The predicted molar refractivity (Wildman–Crippen MR) is 112 cm³/mol. The molecule has 27 heavy (non-hydrogen) atoms. The van der Waals surface area contributed by atoms with Gasteiger partial charge in [0.1, 0.15) is 5.75 Å². The normalized spacial score (nSPS) is 15.3. The maximum atomic E-state index is 5.53. The van der Waals surface area contributed by atoms with E-state index in [1.807, 2.05) is 24.4 Å². The monoisotopic (exact) mass is 361 g/mol. The summed E-state index contributed by atoms with van der Waals surface area (Å²) in [4.78, 5) is 9.60. The summed E-state index contributed by atoms with van der Waals surface area (Å²) in [6, 6.07) is 14.9. The molecule has 4 nitrogen and oxygen atoms in total. The van der Waals surface area contributed by atoms with Gasteiger partial charge in [-0.25, -0.2) is 0 Å². The van der Waals surface area contributed by atoms with Crippen LogP contribution in [0.15, 0.2) is 48.7 Å². The molecule has 4 heteroatoms. The molecule has 0 spiro atoms. The summed E-state index contributed by atoms with van der Waals surface area (Å²) in [5, 5.41) is 1.28. The average Bonchev–Trinajstić information content (AvgIpc) is 2.72. The van der Waals surface area contributed by atoms with Crippen LogP contribution in [0.1, 0.15) is 16.7 Å². The Balaban J connectivity index is 1.50. The Bertz CT molecular complexity index is 946. The van der Waals surface area contributed by atoms with Crippen molar-refractivity contribution in [3.05, 3.63) is 65.4 Å². The Hall–Kier alpha value is -2.59. The Kier molecular flexibility index (Phi) is 4.99. The highest BCUT2D eigenvalue weighted by atomic mass is 16.5. The third-order valence-electron chi connectivity index (χ3n) is 5.68. The molecule has 1 aliphatic rings. The van der Waals surface area contributed by atoms with Gasteiger partial charge in [0, 0.05) is 44.3 Å². The number of nitrogens with zero attached hydrogens (tertiary/aromatic N) is 3. The number of pyridine rings is 1. The highest BCUT2D eigenvalue weighted by Gasteiger charge is 2.20. The number of piperazine rings is 1. The average molecular weight is 361 g/mol. The Morgan fingerprint density at radius 3 is 2.56 bits per heavy atom. The third-order valence-corrected chi connectivity index (χ3v) is 5.68. The van der Waals surface area contributed by atoms with E-state index in [9.17, 15) is 0 Å². The maximum absolute atomic E-state index is 5.53. The highest BCUT2D eigenvalue weighted by Crippen LogP contribution is 2.29. The van der Waals surface area contributed by atoms with Crippen LogP contribution in [0.25, 0.3) is 10.9 Å². The Morgan fingerprint density at radius 2 is 1.78 bits per heavy atom. The van der Waals surface area contributed by atoms with Crippen molar-refractivity contribution in [2.45, 2.75) is 20.4 Å². The molecule has 2 heterocycles. The topological polar surface area (TPSA) is 28.6 Å².